The third-order valence-electron chi connectivity index (χ3n) is 2.26. The maximum atomic E-state index is 11.3. The molecule has 4 heteroatoms. The lowest BCUT2D eigenvalue weighted by molar-refractivity contribution is 0.406. The molecule has 0 saturated heterocycles. The average Bonchev–Trinajstić information content (AvgIpc) is 2.20. The van der Waals surface area contributed by atoms with Crippen LogP contribution in [0.5, 0.6) is 0 Å². The van der Waals surface area contributed by atoms with Gasteiger partial charge in [-0.1, -0.05) is 0 Å². The molecule has 0 atom stereocenters. The predicted molar refractivity (Wildman–Crippen MR) is 57.2 cm³/mol. The van der Waals surface area contributed by atoms with Crippen LogP contribution < -0.4 is 5.69 Å². The minimum Gasteiger partial charge on any atom is -0.299 e. The molecule has 0 radical (unpaired) electrons. The Morgan fingerprint density at radius 1 is 1.60 bits per heavy atom. The fourth-order valence-electron chi connectivity index (χ4n) is 1.18. The van der Waals surface area contributed by atoms with Crippen LogP contribution in [-0.2, 0) is 6.54 Å². The van der Waals surface area contributed by atoms with Gasteiger partial charge in [0.15, 0.2) is 0 Å². The van der Waals surface area contributed by atoms with E-state index in [1.165, 1.54) is 0 Å². The third-order valence-corrected chi connectivity index (χ3v) is 2.26. The summed E-state index contributed by atoms with van der Waals surface area (Å²) in [6.45, 7) is 6.15. The molecular formula is C11H15N3O. The van der Waals surface area contributed by atoms with Crippen LogP contribution in [-0.4, -0.2) is 9.55 Å². The van der Waals surface area contributed by atoms with Crippen LogP contribution in [0.25, 0.3) is 0 Å². The lowest BCUT2D eigenvalue weighted by atomic mass is 9.91. The summed E-state index contributed by atoms with van der Waals surface area (Å²) in [7, 11) is 0. The van der Waals surface area contributed by atoms with Gasteiger partial charge >= 0.3 is 5.69 Å². The molecule has 0 amide bonds. The SMILES string of the molecule is Cc1cnc(=O)n(CCC(C)(C)C#N)c1. The molecule has 0 saturated carbocycles. The average molecular weight is 205 g/mol. The highest BCUT2D eigenvalue weighted by molar-refractivity contribution is 5.00. The molecule has 0 aromatic carbocycles. The van der Waals surface area contributed by atoms with E-state index in [9.17, 15) is 4.79 Å². The van der Waals surface area contributed by atoms with Crippen molar-refractivity contribution >= 4 is 0 Å². The van der Waals surface area contributed by atoms with Crippen LogP contribution in [0.2, 0.25) is 0 Å². The Morgan fingerprint density at radius 3 is 2.87 bits per heavy atom. The highest BCUT2D eigenvalue weighted by atomic mass is 16.1. The molecule has 0 fully saturated rings. The second-order valence-corrected chi connectivity index (χ2v) is 4.35. The highest BCUT2D eigenvalue weighted by Gasteiger charge is 2.16. The molecule has 4 nitrogen and oxygen atoms in total. The molecule has 80 valence electrons. The zero-order chi connectivity index (χ0) is 11.5. The first-order chi connectivity index (χ1) is 6.94. The summed E-state index contributed by atoms with van der Waals surface area (Å²) in [6.07, 6.45) is 3.96. The number of rotatable bonds is 3. The fraction of sp³-hybridized carbons (Fsp3) is 0.545. The number of hydrogen-bond donors (Lipinski definition) is 0. The first-order valence-corrected chi connectivity index (χ1v) is 4.89. The summed E-state index contributed by atoms with van der Waals surface area (Å²) in [6, 6.07) is 2.21. The van der Waals surface area contributed by atoms with Gasteiger partial charge < -0.3 is 0 Å². The van der Waals surface area contributed by atoms with Gasteiger partial charge in [-0.05, 0) is 32.8 Å². The molecule has 0 spiro atoms. The van der Waals surface area contributed by atoms with E-state index in [-0.39, 0.29) is 5.69 Å². The molecule has 1 heterocycles. The molecule has 0 bridgehead atoms. The fourth-order valence-corrected chi connectivity index (χ4v) is 1.18. The van der Waals surface area contributed by atoms with E-state index in [0.29, 0.717) is 13.0 Å². The molecule has 0 aliphatic carbocycles. The Bertz CT molecular complexity index is 440. The Balaban J connectivity index is 2.79. The number of aromatic nitrogens is 2. The first kappa shape index (κ1) is 11.4. The van der Waals surface area contributed by atoms with Crippen LogP contribution in [0.4, 0.5) is 0 Å². The molecule has 0 aliphatic heterocycles. The van der Waals surface area contributed by atoms with Crippen molar-refractivity contribution < 1.29 is 0 Å². The second-order valence-electron chi connectivity index (χ2n) is 4.35. The van der Waals surface area contributed by atoms with Crippen molar-refractivity contribution in [3.63, 3.8) is 0 Å². The molecule has 0 aliphatic rings. The van der Waals surface area contributed by atoms with E-state index in [2.05, 4.69) is 11.1 Å². The minimum absolute atomic E-state index is 0.255. The van der Waals surface area contributed by atoms with Gasteiger partial charge in [-0.15, -0.1) is 0 Å². The monoisotopic (exact) mass is 205 g/mol. The molecular weight excluding hydrogens is 190 g/mol. The summed E-state index contributed by atoms with van der Waals surface area (Å²) >= 11 is 0. The number of nitriles is 1. The second kappa shape index (κ2) is 4.26. The Morgan fingerprint density at radius 2 is 2.27 bits per heavy atom. The van der Waals surface area contributed by atoms with Crippen molar-refractivity contribution in [3.8, 4) is 6.07 Å². The van der Waals surface area contributed by atoms with Crippen LogP contribution in [0.3, 0.4) is 0 Å². The van der Waals surface area contributed by atoms with E-state index in [1.54, 1.807) is 17.0 Å². The maximum absolute atomic E-state index is 11.3. The summed E-state index contributed by atoms with van der Waals surface area (Å²) in [5.41, 5.74) is 0.294. The van der Waals surface area contributed by atoms with Gasteiger partial charge in [-0.2, -0.15) is 5.26 Å². The van der Waals surface area contributed by atoms with E-state index >= 15 is 0 Å². The zero-order valence-electron chi connectivity index (χ0n) is 9.32. The number of nitrogens with zero attached hydrogens (tertiary/aromatic N) is 3. The van der Waals surface area contributed by atoms with Gasteiger partial charge in [-0.25, -0.2) is 9.78 Å². The van der Waals surface area contributed by atoms with Gasteiger partial charge in [0, 0.05) is 18.9 Å². The van der Waals surface area contributed by atoms with Crippen molar-refractivity contribution in [2.45, 2.75) is 33.7 Å². The van der Waals surface area contributed by atoms with E-state index in [4.69, 9.17) is 5.26 Å². The molecule has 1 rings (SSSR count). The van der Waals surface area contributed by atoms with Crippen LogP contribution in [0.1, 0.15) is 25.8 Å². The van der Waals surface area contributed by atoms with E-state index in [1.807, 2.05) is 20.8 Å². The maximum Gasteiger partial charge on any atom is 0.347 e. The summed E-state index contributed by atoms with van der Waals surface area (Å²) in [5.74, 6) is 0. The van der Waals surface area contributed by atoms with Crippen LogP contribution in [0, 0.1) is 23.7 Å². The molecule has 15 heavy (non-hydrogen) atoms. The lowest BCUT2D eigenvalue weighted by Gasteiger charge is -2.15. The van der Waals surface area contributed by atoms with Gasteiger partial charge in [0.05, 0.1) is 11.5 Å². The lowest BCUT2D eigenvalue weighted by Crippen LogP contribution is -2.24. The normalized spacial score (nSPS) is 11.1. The van der Waals surface area contributed by atoms with Crippen LogP contribution in [0.15, 0.2) is 17.2 Å². The summed E-state index contributed by atoms with van der Waals surface area (Å²) in [4.78, 5) is 15.1. The Hall–Kier alpha value is -1.63. The minimum atomic E-state index is -0.400. The van der Waals surface area contributed by atoms with Gasteiger partial charge in [0.1, 0.15) is 0 Å². The number of hydrogen-bond acceptors (Lipinski definition) is 3. The van der Waals surface area contributed by atoms with E-state index in [0.717, 1.165) is 5.56 Å². The first-order valence-electron chi connectivity index (χ1n) is 4.89. The standard InChI is InChI=1S/C11H15N3O/c1-9-6-13-10(15)14(7-9)5-4-11(2,3)8-12/h6-7H,4-5H2,1-3H3. The van der Waals surface area contributed by atoms with Crippen molar-refractivity contribution in [1.29, 1.82) is 5.26 Å². The summed E-state index contributed by atoms with van der Waals surface area (Å²) in [5, 5.41) is 8.84. The van der Waals surface area contributed by atoms with Gasteiger partial charge in [-0.3, -0.25) is 4.57 Å². The molecule has 0 unspecified atom stereocenters. The van der Waals surface area contributed by atoms with Crippen molar-refractivity contribution in [2.75, 3.05) is 0 Å². The molecule has 0 N–H and O–H groups in total. The van der Waals surface area contributed by atoms with Crippen molar-refractivity contribution in [3.05, 3.63) is 28.4 Å². The largest absolute Gasteiger partial charge is 0.347 e. The molecule has 1 aromatic heterocycles. The highest BCUT2D eigenvalue weighted by Crippen LogP contribution is 2.18. The molecule has 1 aromatic rings. The van der Waals surface area contributed by atoms with Gasteiger partial charge in [0.25, 0.3) is 0 Å². The van der Waals surface area contributed by atoms with Crippen molar-refractivity contribution in [1.82, 2.24) is 9.55 Å². The van der Waals surface area contributed by atoms with E-state index < -0.39 is 5.41 Å². The van der Waals surface area contributed by atoms with Crippen LogP contribution >= 0.6 is 0 Å². The quantitative estimate of drug-likeness (QED) is 0.751. The number of aryl methyl sites for hydroxylation is 2. The van der Waals surface area contributed by atoms with Crippen molar-refractivity contribution in [2.24, 2.45) is 5.41 Å². The third kappa shape index (κ3) is 3.21. The summed E-state index contributed by atoms with van der Waals surface area (Å²) < 4.78 is 1.55. The topological polar surface area (TPSA) is 58.7 Å². The Labute approximate surface area is 89.2 Å². The predicted octanol–water partition coefficient (Wildman–Crippen LogP) is 1.49. The smallest absolute Gasteiger partial charge is 0.299 e. The van der Waals surface area contributed by atoms with Gasteiger partial charge in [0.2, 0.25) is 0 Å². The Kier molecular flexibility index (Phi) is 3.25. The zero-order valence-corrected chi connectivity index (χ0v) is 9.32.